The van der Waals surface area contributed by atoms with Gasteiger partial charge < -0.3 is 19.8 Å². The van der Waals surface area contributed by atoms with E-state index in [0.717, 1.165) is 43.7 Å². The summed E-state index contributed by atoms with van der Waals surface area (Å²) in [5, 5.41) is 24.4. The Morgan fingerprint density at radius 2 is 1.94 bits per heavy atom. The van der Waals surface area contributed by atoms with Gasteiger partial charge in [-0.15, -0.1) is 11.8 Å². The quantitative estimate of drug-likeness (QED) is 0.493. The Bertz CT molecular complexity index is 923. The Balaban J connectivity index is 1.49. The summed E-state index contributed by atoms with van der Waals surface area (Å²) in [5.74, 6) is -0.000201. The van der Waals surface area contributed by atoms with E-state index in [2.05, 4.69) is 12.2 Å². The molecular weight excluding hydrogens is 464 g/mol. The van der Waals surface area contributed by atoms with E-state index in [1.165, 1.54) is 0 Å². The van der Waals surface area contributed by atoms with E-state index in [0.29, 0.717) is 24.9 Å². The number of likely N-dealkylation sites (tertiary alicyclic amines) is 1. The number of rotatable bonds is 6. The lowest BCUT2D eigenvalue weighted by Crippen LogP contribution is -2.61. The van der Waals surface area contributed by atoms with Crippen LogP contribution >= 0.6 is 11.8 Å². The maximum absolute atomic E-state index is 13.0. The fraction of sp³-hybridized carbons (Fsp3) is 0.704. The number of nitrogens with one attached hydrogen (secondary N) is 1. The minimum atomic E-state index is -0.652. The standard InChI is InChI=1S/C27H40N2O5S/c1-26-12-11-23(34-25(33)28-18-7-6-8-19(15-18)35-3)27(2,17-30)22(26)10-9-21(31)20(26)16-24(32)29-13-4-5-14-29/h6-8,15,20-23,30-31H,4-5,9-14,16-17H2,1-3H3,(H,28,33)/t20-,21-,22+,23-,26+,27+/m1/s1. The molecule has 1 aliphatic heterocycles. The number of aliphatic hydroxyl groups excluding tert-OH is 2. The molecule has 2 saturated carbocycles. The highest BCUT2D eigenvalue weighted by Crippen LogP contribution is 2.61. The van der Waals surface area contributed by atoms with Crippen LogP contribution in [0.1, 0.15) is 58.8 Å². The van der Waals surface area contributed by atoms with Crippen molar-refractivity contribution in [2.24, 2.45) is 22.7 Å². The first kappa shape index (κ1) is 26.3. The van der Waals surface area contributed by atoms with Gasteiger partial charge >= 0.3 is 6.09 Å². The molecule has 1 aromatic rings. The van der Waals surface area contributed by atoms with Crippen molar-refractivity contribution in [1.29, 1.82) is 0 Å². The van der Waals surface area contributed by atoms with Crippen molar-refractivity contribution in [3.63, 3.8) is 0 Å². The molecule has 2 amide bonds. The van der Waals surface area contributed by atoms with Crippen LogP contribution in [0, 0.1) is 22.7 Å². The maximum Gasteiger partial charge on any atom is 0.411 e. The van der Waals surface area contributed by atoms with Crippen LogP contribution in [0.3, 0.4) is 0 Å². The first-order valence-electron chi connectivity index (χ1n) is 12.9. The van der Waals surface area contributed by atoms with Crippen LogP contribution in [0.2, 0.25) is 0 Å². The summed E-state index contributed by atoms with van der Waals surface area (Å²) in [7, 11) is 0. The summed E-state index contributed by atoms with van der Waals surface area (Å²) >= 11 is 1.60. The van der Waals surface area contributed by atoms with Crippen LogP contribution in [0.25, 0.3) is 0 Å². The van der Waals surface area contributed by atoms with Gasteiger partial charge in [0.25, 0.3) is 0 Å². The SMILES string of the molecule is CSc1cccc(NC(=O)O[C@@H]2CC[C@]3(C)[C@H](CC[C@@H](O)[C@H]3CC(=O)N3CCCC3)[C@]2(C)CO)c1. The van der Waals surface area contributed by atoms with Crippen LogP contribution < -0.4 is 5.32 Å². The Kier molecular flexibility index (Phi) is 8.03. The van der Waals surface area contributed by atoms with E-state index in [-0.39, 0.29) is 29.8 Å². The molecule has 3 aliphatic rings. The summed E-state index contributed by atoms with van der Waals surface area (Å²) in [5.41, 5.74) is -0.289. The number of fused-ring (bicyclic) bond motifs is 1. The first-order chi connectivity index (χ1) is 16.7. The second-order valence-corrected chi connectivity index (χ2v) is 11.9. The fourth-order valence-corrected chi connectivity index (χ4v) is 7.50. The van der Waals surface area contributed by atoms with Crippen LogP contribution in [-0.4, -0.2) is 65.3 Å². The number of aliphatic hydroxyl groups is 2. The zero-order chi connectivity index (χ0) is 25.2. The number of carbonyl (C=O) groups is 2. The monoisotopic (exact) mass is 504 g/mol. The molecule has 8 heteroatoms. The minimum absolute atomic E-state index is 0.0335. The predicted octanol–water partition coefficient (Wildman–Crippen LogP) is 4.52. The number of ether oxygens (including phenoxy) is 1. The zero-order valence-corrected chi connectivity index (χ0v) is 22.0. The van der Waals surface area contributed by atoms with Crippen LogP contribution in [-0.2, 0) is 9.53 Å². The second-order valence-electron chi connectivity index (χ2n) is 11.1. The third kappa shape index (κ3) is 5.20. The number of carbonyl (C=O) groups excluding carboxylic acids is 2. The molecule has 35 heavy (non-hydrogen) atoms. The number of amides is 2. The third-order valence-electron chi connectivity index (χ3n) is 9.09. The Labute approximate surface area is 213 Å². The Hall–Kier alpha value is -1.77. The molecule has 0 unspecified atom stereocenters. The average Bonchev–Trinajstić information content (AvgIpc) is 3.38. The van der Waals surface area contributed by atoms with Crippen LogP contribution in [0.5, 0.6) is 0 Å². The van der Waals surface area contributed by atoms with E-state index in [1.807, 2.05) is 42.3 Å². The van der Waals surface area contributed by atoms with Crippen molar-refractivity contribution in [2.45, 2.75) is 75.9 Å². The molecule has 0 spiro atoms. The maximum atomic E-state index is 13.0. The third-order valence-corrected chi connectivity index (χ3v) is 9.82. The number of thioether (sulfide) groups is 1. The van der Waals surface area contributed by atoms with Crippen LogP contribution in [0.15, 0.2) is 29.2 Å². The topological polar surface area (TPSA) is 99.1 Å². The van der Waals surface area contributed by atoms with Gasteiger partial charge in [-0.3, -0.25) is 10.1 Å². The van der Waals surface area contributed by atoms with Gasteiger partial charge in [0.2, 0.25) is 5.91 Å². The first-order valence-corrected chi connectivity index (χ1v) is 14.1. The minimum Gasteiger partial charge on any atom is -0.445 e. The number of nitrogens with zero attached hydrogens (tertiary/aromatic N) is 1. The van der Waals surface area contributed by atoms with Gasteiger partial charge in [0, 0.05) is 35.5 Å². The second kappa shape index (κ2) is 10.7. The van der Waals surface area contributed by atoms with Crippen molar-refractivity contribution in [2.75, 3.05) is 31.3 Å². The van der Waals surface area contributed by atoms with Gasteiger partial charge in [-0.1, -0.05) is 19.9 Å². The number of benzene rings is 1. The summed E-state index contributed by atoms with van der Waals surface area (Å²) in [6.07, 6.45) is 5.57. The molecule has 6 atom stereocenters. The lowest BCUT2D eigenvalue weighted by Gasteiger charge is -2.60. The lowest BCUT2D eigenvalue weighted by molar-refractivity contribution is -0.186. The van der Waals surface area contributed by atoms with Crippen molar-refractivity contribution >= 4 is 29.4 Å². The predicted molar refractivity (Wildman–Crippen MR) is 137 cm³/mol. The smallest absolute Gasteiger partial charge is 0.411 e. The molecule has 194 valence electrons. The summed E-state index contributed by atoms with van der Waals surface area (Å²) in [4.78, 5) is 28.8. The Morgan fingerprint density at radius 3 is 2.63 bits per heavy atom. The lowest BCUT2D eigenvalue weighted by atomic mass is 9.46. The molecule has 1 saturated heterocycles. The molecule has 7 nitrogen and oxygen atoms in total. The van der Waals surface area contributed by atoms with Crippen LogP contribution in [0.4, 0.5) is 10.5 Å². The van der Waals surface area contributed by atoms with E-state index < -0.39 is 23.7 Å². The van der Waals surface area contributed by atoms with Crippen molar-refractivity contribution < 1.29 is 24.5 Å². The summed E-state index contributed by atoms with van der Waals surface area (Å²) < 4.78 is 5.94. The van der Waals surface area contributed by atoms with Crippen molar-refractivity contribution in [3.05, 3.63) is 24.3 Å². The molecule has 3 fully saturated rings. The van der Waals surface area contributed by atoms with Gasteiger partial charge in [0.1, 0.15) is 6.10 Å². The number of hydrogen-bond donors (Lipinski definition) is 3. The molecule has 1 heterocycles. The van der Waals surface area contributed by atoms with E-state index in [1.54, 1.807) is 11.8 Å². The highest BCUT2D eigenvalue weighted by Gasteiger charge is 2.60. The van der Waals surface area contributed by atoms with E-state index >= 15 is 0 Å². The highest BCUT2D eigenvalue weighted by molar-refractivity contribution is 7.98. The van der Waals surface area contributed by atoms with Gasteiger partial charge in [-0.25, -0.2) is 4.79 Å². The summed E-state index contributed by atoms with van der Waals surface area (Å²) in [6, 6.07) is 7.60. The van der Waals surface area contributed by atoms with Gasteiger partial charge in [0.05, 0.1) is 12.7 Å². The molecule has 4 rings (SSSR count). The van der Waals surface area contributed by atoms with Crippen molar-refractivity contribution in [3.8, 4) is 0 Å². The highest BCUT2D eigenvalue weighted by atomic mass is 32.2. The molecule has 0 aromatic heterocycles. The van der Waals surface area contributed by atoms with Crippen molar-refractivity contribution in [1.82, 2.24) is 4.90 Å². The number of anilines is 1. The normalized spacial score (nSPS) is 34.8. The van der Waals surface area contributed by atoms with Gasteiger partial charge in [0.15, 0.2) is 0 Å². The van der Waals surface area contributed by atoms with E-state index in [4.69, 9.17) is 4.74 Å². The zero-order valence-electron chi connectivity index (χ0n) is 21.2. The molecular formula is C27H40N2O5S. The number of hydrogen-bond acceptors (Lipinski definition) is 6. The largest absolute Gasteiger partial charge is 0.445 e. The van der Waals surface area contributed by atoms with Gasteiger partial charge in [-0.2, -0.15) is 0 Å². The molecule has 2 aliphatic carbocycles. The average molecular weight is 505 g/mol. The molecule has 3 N–H and O–H groups in total. The Morgan fingerprint density at radius 1 is 1.20 bits per heavy atom. The molecule has 0 radical (unpaired) electrons. The summed E-state index contributed by atoms with van der Waals surface area (Å²) in [6.45, 7) is 5.66. The molecule has 1 aromatic carbocycles. The fourth-order valence-electron chi connectivity index (χ4n) is 7.04. The van der Waals surface area contributed by atoms with Gasteiger partial charge in [-0.05, 0) is 80.2 Å². The van der Waals surface area contributed by atoms with E-state index in [9.17, 15) is 19.8 Å². The molecule has 0 bridgehead atoms.